The Kier molecular flexibility index (Phi) is 4.14. The lowest BCUT2D eigenvalue weighted by atomic mass is 9.97. The van der Waals surface area contributed by atoms with Gasteiger partial charge in [-0.05, 0) is 18.1 Å². The van der Waals surface area contributed by atoms with E-state index in [0.29, 0.717) is 13.0 Å². The minimum absolute atomic E-state index is 0.107. The molecule has 0 spiro atoms. The van der Waals surface area contributed by atoms with Crippen LogP contribution in [0.2, 0.25) is 0 Å². The summed E-state index contributed by atoms with van der Waals surface area (Å²) < 4.78 is 0. The molecule has 1 aliphatic rings. The highest BCUT2D eigenvalue weighted by Crippen LogP contribution is 2.32. The smallest absolute Gasteiger partial charge is 0.220 e. The molecule has 3 N–H and O–H groups in total. The molecule has 110 valence electrons. The molecule has 0 fully saturated rings. The van der Waals surface area contributed by atoms with E-state index in [2.05, 4.69) is 37.9 Å². The first-order valence-electron chi connectivity index (χ1n) is 7.26. The van der Waals surface area contributed by atoms with Crippen molar-refractivity contribution >= 4 is 11.6 Å². The highest BCUT2D eigenvalue weighted by atomic mass is 16.1. The van der Waals surface area contributed by atoms with E-state index in [9.17, 15) is 4.79 Å². The van der Waals surface area contributed by atoms with Crippen molar-refractivity contribution < 1.29 is 4.79 Å². The summed E-state index contributed by atoms with van der Waals surface area (Å²) in [6.07, 6.45) is 3.69. The number of anilines is 1. The number of H-pyrrole nitrogens is 1. The zero-order valence-electron chi connectivity index (χ0n) is 11.8. The zero-order chi connectivity index (χ0) is 14.5. The average molecular weight is 285 g/mol. The molecule has 0 aliphatic carbocycles. The maximum Gasteiger partial charge on any atom is 0.220 e. The summed E-state index contributed by atoms with van der Waals surface area (Å²) in [6.45, 7) is 1.51. The van der Waals surface area contributed by atoms with Crippen molar-refractivity contribution in [2.45, 2.75) is 25.2 Å². The van der Waals surface area contributed by atoms with Crippen molar-refractivity contribution in [2.75, 3.05) is 18.4 Å². The van der Waals surface area contributed by atoms with Crippen LogP contribution in [0.15, 0.2) is 30.6 Å². The molecule has 0 saturated heterocycles. The molecule has 1 aromatic carbocycles. The lowest BCUT2D eigenvalue weighted by Crippen LogP contribution is -2.26. The first-order valence-corrected chi connectivity index (χ1v) is 7.26. The van der Waals surface area contributed by atoms with Gasteiger partial charge in [0.05, 0.1) is 0 Å². The van der Waals surface area contributed by atoms with E-state index in [1.54, 1.807) is 0 Å². The molecule has 6 nitrogen and oxygen atoms in total. The molecule has 0 saturated carbocycles. The Morgan fingerprint density at radius 2 is 2.29 bits per heavy atom. The maximum atomic E-state index is 12.0. The van der Waals surface area contributed by atoms with E-state index < -0.39 is 0 Å². The number of rotatable bonds is 6. The summed E-state index contributed by atoms with van der Waals surface area (Å²) in [4.78, 5) is 16.0. The van der Waals surface area contributed by atoms with Crippen LogP contribution in [0, 0.1) is 0 Å². The van der Waals surface area contributed by atoms with Gasteiger partial charge >= 0.3 is 0 Å². The molecule has 1 aromatic heterocycles. The van der Waals surface area contributed by atoms with Crippen LogP contribution in [0.5, 0.6) is 0 Å². The van der Waals surface area contributed by atoms with Gasteiger partial charge < -0.3 is 10.6 Å². The Labute approximate surface area is 123 Å². The monoisotopic (exact) mass is 285 g/mol. The fourth-order valence-corrected chi connectivity index (χ4v) is 2.67. The second kappa shape index (κ2) is 6.39. The third kappa shape index (κ3) is 3.39. The van der Waals surface area contributed by atoms with Crippen LogP contribution in [-0.2, 0) is 11.2 Å². The van der Waals surface area contributed by atoms with Gasteiger partial charge in [-0.2, -0.15) is 5.10 Å². The summed E-state index contributed by atoms with van der Waals surface area (Å²) in [7, 11) is 0. The number of benzene rings is 1. The Balaban J connectivity index is 1.41. The standard InChI is InChI=1S/C15H19N5O/c21-15(16-7-3-6-14-18-10-19-20-14)8-11-9-17-13-5-2-1-4-12(11)13/h1-2,4-5,10-11,17H,3,6-9H2,(H,16,21)(H,18,19,20). The van der Waals surface area contributed by atoms with Crippen molar-refractivity contribution in [2.24, 2.45) is 0 Å². The van der Waals surface area contributed by atoms with E-state index in [-0.39, 0.29) is 11.8 Å². The van der Waals surface area contributed by atoms with E-state index in [1.807, 2.05) is 12.1 Å². The molecule has 6 heteroatoms. The Bertz CT molecular complexity index is 596. The molecule has 3 rings (SSSR count). The summed E-state index contributed by atoms with van der Waals surface area (Å²) in [5.41, 5.74) is 2.40. The summed E-state index contributed by atoms with van der Waals surface area (Å²) in [5, 5.41) is 12.9. The van der Waals surface area contributed by atoms with E-state index in [4.69, 9.17) is 0 Å². The summed E-state index contributed by atoms with van der Waals surface area (Å²) in [6, 6.07) is 8.19. The number of carbonyl (C=O) groups excluding carboxylic acids is 1. The number of hydrogen-bond acceptors (Lipinski definition) is 4. The van der Waals surface area contributed by atoms with Crippen LogP contribution in [0.4, 0.5) is 5.69 Å². The Morgan fingerprint density at radius 1 is 1.38 bits per heavy atom. The van der Waals surface area contributed by atoms with Gasteiger partial charge in [-0.15, -0.1) is 0 Å². The van der Waals surface area contributed by atoms with Crippen LogP contribution < -0.4 is 10.6 Å². The molecule has 0 radical (unpaired) electrons. The minimum atomic E-state index is 0.107. The van der Waals surface area contributed by atoms with Gasteiger partial charge in [0.15, 0.2) is 0 Å². The number of aromatic nitrogens is 3. The molecular formula is C15H19N5O. The number of aryl methyl sites for hydroxylation is 1. The molecule has 2 aromatic rings. The number of carbonyl (C=O) groups is 1. The van der Waals surface area contributed by atoms with Gasteiger partial charge in [0.2, 0.25) is 5.91 Å². The average Bonchev–Trinajstić information content (AvgIpc) is 3.14. The van der Waals surface area contributed by atoms with Gasteiger partial charge in [0.1, 0.15) is 12.2 Å². The molecule has 21 heavy (non-hydrogen) atoms. The molecule has 1 amide bonds. The molecular weight excluding hydrogens is 266 g/mol. The molecule has 2 heterocycles. The number of nitrogens with zero attached hydrogens (tertiary/aromatic N) is 2. The van der Waals surface area contributed by atoms with Crippen LogP contribution in [-0.4, -0.2) is 34.2 Å². The van der Waals surface area contributed by atoms with Crippen LogP contribution >= 0.6 is 0 Å². The second-order valence-corrected chi connectivity index (χ2v) is 5.25. The largest absolute Gasteiger partial charge is 0.384 e. The SMILES string of the molecule is O=C(CC1CNc2ccccc21)NCCCc1ncn[nH]1. The number of fused-ring (bicyclic) bond motifs is 1. The first-order chi connectivity index (χ1) is 10.3. The first kappa shape index (κ1) is 13.6. The quantitative estimate of drug-likeness (QED) is 0.702. The van der Waals surface area contributed by atoms with Crippen molar-refractivity contribution in [1.82, 2.24) is 20.5 Å². The molecule has 1 unspecified atom stereocenters. The van der Waals surface area contributed by atoms with Gasteiger partial charge in [-0.3, -0.25) is 9.89 Å². The van der Waals surface area contributed by atoms with E-state index in [0.717, 1.165) is 30.9 Å². The van der Waals surface area contributed by atoms with Gasteiger partial charge in [-0.1, -0.05) is 18.2 Å². The van der Waals surface area contributed by atoms with Crippen molar-refractivity contribution in [3.8, 4) is 0 Å². The third-order valence-electron chi connectivity index (χ3n) is 3.75. The van der Waals surface area contributed by atoms with Crippen molar-refractivity contribution in [3.05, 3.63) is 42.0 Å². The predicted octanol–water partition coefficient (Wildman–Crippen LogP) is 1.45. The van der Waals surface area contributed by atoms with Crippen molar-refractivity contribution in [3.63, 3.8) is 0 Å². The van der Waals surface area contributed by atoms with E-state index in [1.165, 1.54) is 11.9 Å². The van der Waals surface area contributed by atoms with Gasteiger partial charge in [0, 0.05) is 37.5 Å². The summed E-state index contributed by atoms with van der Waals surface area (Å²) in [5.74, 6) is 1.24. The zero-order valence-corrected chi connectivity index (χ0v) is 11.8. The maximum absolute atomic E-state index is 12.0. The van der Waals surface area contributed by atoms with Crippen LogP contribution in [0.1, 0.15) is 30.1 Å². The van der Waals surface area contributed by atoms with Crippen LogP contribution in [0.3, 0.4) is 0 Å². The topological polar surface area (TPSA) is 82.7 Å². The Morgan fingerprint density at radius 3 is 3.14 bits per heavy atom. The molecule has 1 atom stereocenters. The predicted molar refractivity (Wildman–Crippen MR) is 80.0 cm³/mol. The lowest BCUT2D eigenvalue weighted by Gasteiger charge is -2.10. The summed E-state index contributed by atoms with van der Waals surface area (Å²) >= 11 is 0. The van der Waals surface area contributed by atoms with Gasteiger partial charge in [-0.25, -0.2) is 4.98 Å². The second-order valence-electron chi connectivity index (χ2n) is 5.25. The third-order valence-corrected chi connectivity index (χ3v) is 3.75. The fourth-order valence-electron chi connectivity index (χ4n) is 2.67. The van der Waals surface area contributed by atoms with Gasteiger partial charge in [0.25, 0.3) is 0 Å². The number of amides is 1. The fraction of sp³-hybridized carbons (Fsp3) is 0.400. The van der Waals surface area contributed by atoms with E-state index >= 15 is 0 Å². The molecule has 1 aliphatic heterocycles. The number of hydrogen-bond donors (Lipinski definition) is 3. The number of para-hydroxylation sites is 1. The molecule has 0 bridgehead atoms. The number of aromatic amines is 1. The Hall–Kier alpha value is -2.37. The van der Waals surface area contributed by atoms with Crippen molar-refractivity contribution in [1.29, 1.82) is 0 Å². The highest BCUT2D eigenvalue weighted by molar-refractivity contribution is 5.78. The minimum Gasteiger partial charge on any atom is -0.384 e. The lowest BCUT2D eigenvalue weighted by molar-refractivity contribution is -0.121. The normalized spacial score (nSPS) is 16.3. The number of nitrogens with one attached hydrogen (secondary N) is 3. The highest BCUT2D eigenvalue weighted by Gasteiger charge is 2.23. The van der Waals surface area contributed by atoms with Crippen LogP contribution in [0.25, 0.3) is 0 Å².